The van der Waals surface area contributed by atoms with Crippen molar-refractivity contribution in [3.05, 3.63) is 60.4 Å². The molecule has 0 aromatic heterocycles. The van der Waals surface area contributed by atoms with E-state index in [0.29, 0.717) is 30.7 Å². The van der Waals surface area contributed by atoms with Crippen molar-refractivity contribution in [2.45, 2.75) is 25.7 Å². The Hall–Kier alpha value is -2.93. The standard InChI is InChI=1S/C23H27FN2O4/c24-20-8-4-5-9-21(20)26(19-6-2-1-3-7-19)23(29)25-14-17-10-12-18(13-11-17)15-30-16-22(27)28/h1-9,17-18H,10-16H2,(H,25,29)(H,27,28)/t17-,18-. The SMILES string of the molecule is O=C(O)COC[C@H]1CC[C@H](CNC(=O)N(c2ccccc2)c2ccccc2F)CC1. The Morgan fingerprint density at radius 1 is 1.00 bits per heavy atom. The van der Waals surface area contributed by atoms with Crippen molar-refractivity contribution in [3.63, 3.8) is 0 Å². The molecule has 6 nitrogen and oxygen atoms in total. The number of carboxylic acid groups (broad SMARTS) is 1. The molecule has 0 aliphatic heterocycles. The third-order valence-corrected chi connectivity index (χ3v) is 5.40. The van der Waals surface area contributed by atoms with Crippen LogP contribution in [-0.4, -0.2) is 36.9 Å². The Kier molecular flexibility index (Phi) is 7.79. The third-order valence-electron chi connectivity index (χ3n) is 5.40. The fourth-order valence-electron chi connectivity index (χ4n) is 3.80. The van der Waals surface area contributed by atoms with E-state index < -0.39 is 11.8 Å². The van der Waals surface area contributed by atoms with E-state index in [1.54, 1.807) is 30.3 Å². The number of anilines is 2. The lowest BCUT2D eigenvalue weighted by atomic mass is 9.82. The molecule has 0 spiro atoms. The number of amides is 2. The van der Waals surface area contributed by atoms with Crippen molar-refractivity contribution in [3.8, 4) is 0 Å². The second-order valence-corrected chi connectivity index (χ2v) is 7.60. The summed E-state index contributed by atoms with van der Waals surface area (Å²) in [5.41, 5.74) is 0.805. The van der Waals surface area contributed by atoms with Gasteiger partial charge in [0.25, 0.3) is 0 Å². The maximum atomic E-state index is 14.4. The Balaban J connectivity index is 1.56. The summed E-state index contributed by atoms with van der Waals surface area (Å²) in [6.45, 7) is 0.709. The van der Waals surface area contributed by atoms with Crippen LogP contribution in [0.25, 0.3) is 0 Å². The highest BCUT2D eigenvalue weighted by molar-refractivity contribution is 5.99. The normalized spacial score (nSPS) is 18.6. The molecule has 1 aliphatic carbocycles. The predicted octanol–water partition coefficient (Wildman–Crippen LogP) is 4.58. The highest BCUT2D eigenvalue weighted by Crippen LogP contribution is 2.30. The summed E-state index contributed by atoms with van der Waals surface area (Å²) in [5, 5.41) is 11.6. The van der Waals surface area contributed by atoms with Crippen LogP contribution in [0.5, 0.6) is 0 Å². The Morgan fingerprint density at radius 3 is 2.30 bits per heavy atom. The summed E-state index contributed by atoms with van der Waals surface area (Å²) in [4.78, 5) is 24.9. The maximum absolute atomic E-state index is 14.4. The van der Waals surface area contributed by atoms with Crippen LogP contribution in [0.3, 0.4) is 0 Å². The lowest BCUT2D eigenvalue weighted by Crippen LogP contribution is -2.40. The lowest BCUT2D eigenvalue weighted by molar-refractivity contribution is -0.142. The topological polar surface area (TPSA) is 78.9 Å². The van der Waals surface area contributed by atoms with E-state index in [2.05, 4.69) is 5.32 Å². The monoisotopic (exact) mass is 414 g/mol. The lowest BCUT2D eigenvalue weighted by Gasteiger charge is -2.29. The first-order valence-corrected chi connectivity index (χ1v) is 10.2. The predicted molar refractivity (Wildman–Crippen MR) is 112 cm³/mol. The molecule has 160 valence electrons. The highest BCUT2D eigenvalue weighted by Gasteiger charge is 2.25. The van der Waals surface area contributed by atoms with E-state index >= 15 is 0 Å². The number of hydrogen-bond acceptors (Lipinski definition) is 3. The van der Waals surface area contributed by atoms with Gasteiger partial charge in [0.1, 0.15) is 12.4 Å². The van der Waals surface area contributed by atoms with Crippen LogP contribution in [-0.2, 0) is 9.53 Å². The molecule has 0 saturated heterocycles. The van der Waals surface area contributed by atoms with Crippen molar-refractivity contribution in [1.29, 1.82) is 0 Å². The summed E-state index contributed by atoms with van der Waals surface area (Å²) < 4.78 is 19.6. The van der Waals surface area contributed by atoms with Crippen molar-refractivity contribution in [2.75, 3.05) is 24.7 Å². The molecule has 1 fully saturated rings. The zero-order valence-corrected chi connectivity index (χ0v) is 16.8. The molecule has 0 atom stereocenters. The number of halogens is 1. The molecule has 0 radical (unpaired) electrons. The number of carboxylic acids is 1. The van der Waals surface area contributed by atoms with Crippen LogP contribution < -0.4 is 10.2 Å². The number of rotatable bonds is 8. The number of aliphatic carboxylic acids is 1. The number of urea groups is 1. The molecule has 30 heavy (non-hydrogen) atoms. The quantitative estimate of drug-likeness (QED) is 0.663. The number of para-hydroxylation sites is 2. The van der Waals surface area contributed by atoms with Gasteiger partial charge < -0.3 is 15.2 Å². The van der Waals surface area contributed by atoms with Crippen LogP contribution in [0.2, 0.25) is 0 Å². The molecule has 7 heteroatoms. The molecular formula is C23H27FN2O4. The van der Waals surface area contributed by atoms with Gasteiger partial charge in [-0.2, -0.15) is 0 Å². The molecular weight excluding hydrogens is 387 g/mol. The molecule has 0 unspecified atom stereocenters. The highest BCUT2D eigenvalue weighted by atomic mass is 19.1. The van der Waals surface area contributed by atoms with Crippen LogP contribution in [0.15, 0.2) is 54.6 Å². The number of nitrogens with zero attached hydrogens (tertiary/aromatic N) is 1. The first kappa shape index (κ1) is 21.8. The fraction of sp³-hybridized carbons (Fsp3) is 0.391. The number of carbonyl (C=O) groups excluding carboxylic acids is 1. The zero-order valence-electron chi connectivity index (χ0n) is 16.8. The molecule has 2 aromatic carbocycles. The van der Waals surface area contributed by atoms with Crippen molar-refractivity contribution in [2.24, 2.45) is 11.8 Å². The van der Waals surface area contributed by atoms with Gasteiger partial charge in [-0.05, 0) is 61.8 Å². The smallest absolute Gasteiger partial charge is 0.329 e. The minimum absolute atomic E-state index is 0.209. The average Bonchev–Trinajstić information content (AvgIpc) is 2.75. The molecule has 1 saturated carbocycles. The van der Waals surface area contributed by atoms with E-state index in [-0.39, 0.29) is 18.3 Å². The van der Waals surface area contributed by atoms with E-state index in [1.165, 1.54) is 11.0 Å². The number of benzene rings is 2. The number of nitrogens with one attached hydrogen (secondary N) is 1. The number of ether oxygens (including phenoxy) is 1. The second-order valence-electron chi connectivity index (χ2n) is 7.60. The van der Waals surface area contributed by atoms with Gasteiger partial charge in [0.05, 0.1) is 18.0 Å². The summed E-state index contributed by atoms with van der Waals surface area (Å²) >= 11 is 0. The van der Waals surface area contributed by atoms with E-state index in [0.717, 1.165) is 25.7 Å². The van der Waals surface area contributed by atoms with E-state index in [1.807, 2.05) is 18.2 Å². The largest absolute Gasteiger partial charge is 0.480 e. The van der Waals surface area contributed by atoms with Crippen LogP contribution in [0.4, 0.5) is 20.6 Å². The van der Waals surface area contributed by atoms with Gasteiger partial charge in [-0.25, -0.2) is 14.0 Å². The van der Waals surface area contributed by atoms with Gasteiger partial charge in [0.15, 0.2) is 0 Å². The number of hydrogen-bond donors (Lipinski definition) is 2. The van der Waals surface area contributed by atoms with Crippen molar-refractivity contribution < 1.29 is 23.8 Å². The molecule has 2 N–H and O–H groups in total. The first-order chi connectivity index (χ1) is 14.5. The van der Waals surface area contributed by atoms with Crippen LogP contribution in [0, 0.1) is 17.7 Å². The van der Waals surface area contributed by atoms with Gasteiger partial charge in [-0.15, -0.1) is 0 Å². The van der Waals surface area contributed by atoms with Crippen LogP contribution in [0.1, 0.15) is 25.7 Å². The Morgan fingerprint density at radius 2 is 1.63 bits per heavy atom. The van der Waals surface area contributed by atoms with Gasteiger partial charge in [-0.3, -0.25) is 4.90 Å². The Bertz CT molecular complexity index is 838. The van der Waals surface area contributed by atoms with Gasteiger partial charge in [0.2, 0.25) is 0 Å². The van der Waals surface area contributed by atoms with Crippen LogP contribution >= 0.6 is 0 Å². The maximum Gasteiger partial charge on any atom is 0.329 e. The third kappa shape index (κ3) is 6.03. The van der Waals surface area contributed by atoms with E-state index in [4.69, 9.17) is 9.84 Å². The number of carbonyl (C=O) groups is 2. The minimum Gasteiger partial charge on any atom is -0.480 e. The van der Waals surface area contributed by atoms with Gasteiger partial charge >= 0.3 is 12.0 Å². The zero-order chi connectivity index (χ0) is 21.3. The average molecular weight is 414 g/mol. The van der Waals surface area contributed by atoms with Crippen molar-refractivity contribution >= 4 is 23.4 Å². The minimum atomic E-state index is -0.954. The van der Waals surface area contributed by atoms with Gasteiger partial charge in [0, 0.05) is 6.54 Å². The fourth-order valence-corrected chi connectivity index (χ4v) is 3.80. The summed E-state index contributed by atoms with van der Waals surface area (Å²) in [6.07, 6.45) is 3.75. The summed E-state index contributed by atoms with van der Waals surface area (Å²) in [6, 6.07) is 14.9. The van der Waals surface area contributed by atoms with Crippen molar-refractivity contribution in [1.82, 2.24) is 5.32 Å². The molecule has 1 aliphatic rings. The molecule has 3 rings (SSSR count). The molecule has 0 bridgehead atoms. The summed E-state index contributed by atoms with van der Waals surface area (Å²) in [5.74, 6) is -0.721. The summed E-state index contributed by atoms with van der Waals surface area (Å²) in [7, 11) is 0. The van der Waals surface area contributed by atoms with E-state index in [9.17, 15) is 14.0 Å². The molecule has 2 aromatic rings. The van der Waals surface area contributed by atoms with Gasteiger partial charge in [-0.1, -0.05) is 30.3 Å². The first-order valence-electron chi connectivity index (χ1n) is 10.2. The second kappa shape index (κ2) is 10.7. The molecule has 0 heterocycles. The molecule has 2 amide bonds. The Labute approximate surface area is 175 Å².